The highest BCUT2D eigenvalue weighted by Crippen LogP contribution is 2.23. The number of nitrogens with zero attached hydrogens (tertiary/aromatic N) is 2. The number of nitrogens with one attached hydrogen (secondary N) is 1. The summed E-state index contributed by atoms with van der Waals surface area (Å²) in [5, 5.41) is 14.3. The number of hydrogen-bond acceptors (Lipinski definition) is 5. The Hall–Kier alpha value is -2.36. The second-order valence-corrected chi connectivity index (χ2v) is 8.31. The van der Waals surface area contributed by atoms with Crippen LogP contribution in [0.15, 0.2) is 42.5 Å². The molecule has 0 aromatic heterocycles. The molecule has 27 heavy (non-hydrogen) atoms. The molecule has 2 rings (SSSR count). The van der Waals surface area contributed by atoms with Gasteiger partial charge in [0.2, 0.25) is 15.9 Å². The topological polar surface area (TPSA) is 110 Å². The highest BCUT2D eigenvalue weighted by atomic mass is 35.5. The van der Waals surface area contributed by atoms with Crippen LogP contribution >= 0.6 is 23.2 Å². The highest BCUT2D eigenvalue weighted by Gasteiger charge is 2.22. The van der Waals surface area contributed by atoms with E-state index in [1.165, 1.54) is 24.3 Å². The first kappa shape index (κ1) is 20.9. The maximum Gasteiger partial charge on any atom is 0.271 e. The lowest BCUT2D eigenvalue weighted by Gasteiger charge is -2.21. The van der Waals surface area contributed by atoms with E-state index in [-0.39, 0.29) is 17.9 Å². The van der Waals surface area contributed by atoms with Crippen molar-refractivity contribution in [1.29, 1.82) is 0 Å². The van der Waals surface area contributed by atoms with E-state index in [1.807, 2.05) is 0 Å². The van der Waals surface area contributed by atoms with Crippen molar-refractivity contribution in [2.75, 3.05) is 17.1 Å². The smallest absolute Gasteiger partial charge is 0.271 e. The van der Waals surface area contributed by atoms with Gasteiger partial charge in [-0.3, -0.25) is 19.2 Å². The number of benzene rings is 2. The summed E-state index contributed by atoms with van der Waals surface area (Å²) in [7, 11) is -3.85. The van der Waals surface area contributed by atoms with Crippen LogP contribution in [0.1, 0.15) is 5.56 Å². The molecule has 0 bridgehead atoms. The van der Waals surface area contributed by atoms with Crippen molar-refractivity contribution in [2.24, 2.45) is 0 Å². The molecule has 0 saturated carbocycles. The summed E-state index contributed by atoms with van der Waals surface area (Å²) in [6, 6.07) is 9.81. The zero-order valence-corrected chi connectivity index (χ0v) is 16.4. The molecule has 0 aliphatic rings. The van der Waals surface area contributed by atoms with Crippen molar-refractivity contribution in [3.05, 3.63) is 68.2 Å². The van der Waals surface area contributed by atoms with Crippen LogP contribution < -0.4 is 9.62 Å². The van der Waals surface area contributed by atoms with E-state index in [0.717, 1.165) is 16.6 Å². The second kappa shape index (κ2) is 8.55. The summed E-state index contributed by atoms with van der Waals surface area (Å²) in [6.45, 7) is -0.466. The Morgan fingerprint density at radius 3 is 2.52 bits per heavy atom. The maximum absolute atomic E-state index is 12.2. The number of anilines is 1. The van der Waals surface area contributed by atoms with Crippen LogP contribution in [-0.2, 0) is 21.4 Å². The van der Waals surface area contributed by atoms with E-state index in [2.05, 4.69) is 5.32 Å². The van der Waals surface area contributed by atoms with Gasteiger partial charge in [0.05, 0.1) is 16.9 Å². The molecular formula is C16H15Cl2N3O5S. The van der Waals surface area contributed by atoms with Gasteiger partial charge in [-0.15, -0.1) is 0 Å². The van der Waals surface area contributed by atoms with Crippen molar-refractivity contribution in [1.82, 2.24) is 5.32 Å². The Labute approximate surface area is 165 Å². The Kier molecular flexibility index (Phi) is 6.63. The zero-order chi connectivity index (χ0) is 20.2. The molecule has 1 amide bonds. The predicted octanol–water partition coefficient (Wildman–Crippen LogP) is 2.98. The minimum Gasteiger partial charge on any atom is -0.350 e. The number of hydrogen-bond donors (Lipinski definition) is 1. The van der Waals surface area contributed by atoms with Crippen LogP contribution in [0.5, 0.6) is 0 Å². The number of sulfonamides is 1. The zero-order valence-electron chi connectivity index (χ0n) is 14.1. The molecule has 1 N–H and O–H groups in total. The van der Waals surface area contributed by atoms with Crippen molar-refractivity contribution >= 4 is 50.5 Å². The molecule has 0 saturated heterocycles. The Morgan fingerprint density at radius 2 is 1.93 bits per heavy atom. The molecule has 0 unspecified atom stereocenters. The minimum atomic E-state index is -3.85. The molecular weight excluding hydrogens is 417 g/mol. The quantitative estimate of drug-likeness (QED) is 0.535. The van der Waals surface area contributed by atoms with Crippen molar-refractivity contribution in [2.45, 2.75) is 6.54 Å². The molecule has 0 radical (unpaired) electrons. The first-order chi connectivity index (χ1) is 12.6. The van der Waals surface area contributed by atoms with Crippen LogP contribution in [0.4, 0.5) is 11.4 Å². The first-order valence-electron chi connectivity index (χ1n) is 7.50. The number of carbonyl (C=O) groups excluding carboxylic acids is 1. The lowest BCUT2D eigenvalue weighted by molar-refractivity contribution is -0.384. The third kappa shape index (κ3) is 5.81. The van der Waals surface area contributed by atoms with Crippen LogP contribution in [-0.4, -0.2) is 32.0 Å². The molecule has 11 heteroatoms. The summed E-state index contributed by atoms with van der Waals surface area (Å²) in [6.07, 6.45) is 0.912. The summed E-state index contributed by atoms with van der Waals surface area (Å²) in [5.41, 5.74) is 0.344. The molecule has 0 heterocycles. The SMILES string of the molecule is CS(=O)(=O)N(CC(=O)NCc1ccc(Cl)cc1Cl)c1cccc([N+](=O)[O-])c1. The second-order valence-electron chi connectivity index (χ2n) is 5.56. The van der Waals surface area contributed by atoms with E-state index in [0.29, 0.717) is 15.6 Å². The fraction of sp³-hybridized carbons (Fsp3) is 0.188. The monoisotopic (exact) mass is 431 g/mol. The van der Waals surface area contributed by atoms with E-state index in [9.17, 15) is 23.3 Å². The lowest BCUT2D eigenvalue weighted by Crippen LogP contribution is -2.40. The van der Waals surface area contributed by atoms with E-state index >= 15 is 0 Å². The van der Waals surface area contributed by atoms with Gasteiger partial charge in [-0.1, -0.05) is 35.3 Å². The van der Waals surface area contributed by atoms with E-state index in [1.54, 1.807) is 12.1 Å². The van der Waals surface area contributed by atoms with E-state index < -0.39 is 27.4 Å². The fourth-order valence-electron chi connectivity index (χ4n) is 2.21. The Bertz CT molecular complexity index is 982. The molecule has 144 valence electrons. The van der Waals surface area contributed by atoms with Gasteiger partial charge in [0, 0.05) is 28.7 Å². The first-order valence-corrected chi connectivity index (χ1v) is 10.1. The highest BCUT2D eigenvalue weighted by molar-refractivity contribution is 7.92. The van der Waals surface area contributed by atoms with Gasteiger partial charge in [-0.2, -0.15) is 0 Å². The molecule has 8 nitrogen and oxygen atoms in total. The lowest BCUT2D eigenvalue weighted by atomic mass is 10.2. The van der Waals surface area contributed by atoms with Crippen LogP contribution in [0.3, 0.4) is 0 Å². The summed E-state index contributed by atoms with van der Waals surface area (Å²) >= 11 is 11.8. The summed E-state index contributed by atoms with van der Waals surface area (Å²) in [4.78, 5) is 22.5. The number of nitro groups is 1. The van der Waals surface area contributed by atoms with Crippen LogP contribution in [0.2, 0.25) is 10.0 Å². The van der Waals surface area contributed by atoms with E-state index in [4.69, 9.17) is 23.2 Å². The van der Waals surface area contributed by atoms with Gasteiger partial charge in [0.25, 0.3) is 5.69 Å². The molecule has 2 aromatic carbocycles. The third-order valence-electron chi connectivity index (χ3n) is 3.51. The molecule has 0 aliphatic carbocycles. The summed E-state index contributed by atoms with van der Waals surface area (Å²) in [5.74, 6) is -0.599. The predicted molar refractivity (Wildman–Crippen MR) is 104 cm³/mol. The molecule has 0 aliphatic heterocycles. The third-order valence-corrected chi connectivity index (χ3v) is 5.23. The normalized spacial score (nSPS) is 11.1. The van der Waals surface area contributed by atoms with Gasteiger partial charge < -0.3 is 5.32 Å². The molecule has 0 spiro atoms. The largest absolute Gasteiger partial charge is 0.350 e. The summed E-state index contributed by atoms with van der Waals surface area (Å²) < 4.78 is 24.9. The number of rotatable bonds is 7. The fourth-order valence-corrected chi connectivity index (χ4v) is 3.53. The molecule has 2 aromatic rings. The van der Waals surface area contributed by atoms with Crippen LogP contribution in [0.25, 0.3) is 0 Å². The van der Waals surface area contributed by atoms with Crippen molar-refractivity contribution in [3.8, 4) is 0 Å². The van der Waals surface area contributed by atoms with Gasteiger partial charge in [0.15, 0.2) is 0 Å². The van der Waals surface area contributed by atoms with Crippen molar-refractivity contribution in [3.63, 3.8) is 0 Å². The van der Waals surface area contributed by atoms with Crippen molar-refractivity contribution < 1.29 is 18.1 Å². The Balaban J connectivity index is 2.15. The van der Waals surface area contributed by atoms with Crippen LogP contribution in [0, 0.1) is 10.1 Å². The average molecular weight is 432 g/mol. The Morgan fingerprint density at radius 1 is 1.22 bits per heavy atom. The number of carbonyl (C=O) groups is 1. The average Bonchev–Trinajstić information content (AvgIpc) is 2.58. The maximum atomic E-state index is 12.2. The van der Waals surface area contributed by atoms with Gasteiger partial charge in [-0.05, 0) is 23.8 Å². The molecule has 0 fully saturated rings. The number of halogens is 2. The minimum absolute atomic E-state index is 0.0198. The number of nitro benzene ring substituents is 1. The van der Waals surface area contributed by atoms with Gasteiger partial charge >= 0.3 is 0 Å². The number of amides is 1. The van der Waals surface area contributed by atoms with Gasteiger partial charge in [0.1, 0.15) is 6.54 Å². The van der Waals surface area contributed by atoms with Gasteiger partial charge in [-0.25, -0.2) is 8.42 Å². The molecule has 0 atom stereocenters. The standard InChI is InChI=1S/C16H15Cl2N3O5S/c1-27(25,26)20(13-3-2-4-14(8-13)21(23)24)10-16(22)19-9-11-5-6-12(17)7-15(11)18/h2-8H,9-10H2,1H3,(H,19,22). The number of non-ortho nitro benzene ring substituents is 1.